The molecule has 2 aromatic rings. The van der Waals surface area contributed by atoms with Gasteiger partial charge in [-0.3, -0.25) is 0 Å². The van der Waals surface area contributed by atoms with Crippen LogP contribution < -0.4 is 5.32 Å². The lowest BCUT2D eigenvalue weighted by Crippen LogP contribution is -2.12. The molecule has 2 rings (SSSR count). The Balaban J connectivity index is 2.13. The molecule has 0 fully saturated rings. The average Bonchev–Trinajstić information content (AvgIpc) is 2.42. The van der Waals surface area contributed by atoms with Gasteiger partial charge in [0.15, 0.2) is 0 Å². The average molecular weight is 350 g/mol. The Hall–Kier alpha value is -1.35. The van der Waals surface area contributed by atoms with Gasteiger partial charge in [0.05, 0.1) is 4.47 Å². The number of anilines is 1. The van der Waals surface area contributed by atoms with Crippen molar-refractivity contribution in [1.29, 1.82) is 0 Å². The Kier molecular flexibility index (Phi) is 4.72. The number of hydrogen-bond acceptors (Lipinski definition) is 1. The van der Waals surface area contributed by atoms with Gasteiger partial charge in [-0.05, 0) is 57.6 Å². The first-order valence-electron chi connectivity index (χ1n) is 7.09. The summed E-state index contributed by atoms with van der Waals surface area (Å²) in [6.45, 7) is 8.68. The maximum absolute atomic E-state index is 13.5. The summed E-state index contributed by atoms with van der Waals surface area (Å²) >= 11 is 3.16. The largest absolute Gasteiger partial charge is 0.378 e. The number of benzene rings is 2. The van der Waals surface area contributed by atoms with Crippen LogP contribution in [0.5, 0.6) is 0 Å². The lowest BCUT2D eigenvalue weighted by atomic mass is 9.86. The molecule has 0 heterocycles. The van der Waals surface area contributed by atoms with Crippen LogP contribution in [0.3, 0.4) is 0 Å². The van der Waals surface area contributed by atoms with Crippen LogP contribution in [-0.4, -0.2) is 0 Å². The van der Waals surface area contributed by atoms with Gasteiger partial charge < -0.3 is 5.32 Å². The van der Waals surface area contributed by atoms with Gasteiger partial charge in [0, 0.05) is 11.7 Å². The fourth-order valence-corrected chi connectivity index (χ4v) is 2.44. The third-order valence-corrected chi connectivity index (χ3v) is 4.22. The molecule has 3 heteroatoms. The number of nitrogens with one attached hydrogen (secondary N) is 1. The molecule has 21 heavy (non-hydrogen) atoms. The molecule has 0 aromatic heterocycles. The van der Waals surface area contributed by atoms with Crippen molar-refractivity contribution in [2.45, 2.75) is 39.2 Å². The zero-order valence-electron chi connectivity index (χ0n) is 12.9. The van der Waals surface area contributed by atoms with Gasteiger partial charge in [-0.2, -0.15) is 0 Å². The molecule has 1 atom stereocenters. The minimum atomic E-state index is -0.254. The molecule has 0 aliphatic carbocycles. The Morgan fingerprint density at radius 3 is 2.19 bits per heavy atom. The van der Waals surface area contributed by atoms with E-state index >= 15 is 0 Å². The van der Waals surface area contributed by atoms with Gasteiger partial charge in [0.2, 0.25) is 0 Å². The second kappa shape index (κ2) is 6.18. The molecule has 2 aromatic carbocycles. The van der Waals surface area contributed by atoms with Crippen LogP contribution in [0.15, 0.2) is 46.9 Å². The van der Waals surface area contributed by atoms with E-state index in [1.54, 1.807) is 6.07 Å². The van der Waals surface area contributed by atoms with E-state index in [2.05, 4.69) is 73.2 Å². The summed E-state index contributed by atoms with van der Waals surface area (Å²) in [5.74, 6) is -0.254. The summed E-state index contributed by atoms with van der Waals surface area (Å²) in [6.07, 6.45) is 0. The predicted octanol–water partition coefficient (Wildman–Crippen LogP) is 6.06. The molecule has 112 valence electrons. The smallest absolute Gasteiger partial charge is 0.139 e. The molecule has 0 amide bonds. The van der Waals surface area contributed by atoms with Gasteiger partial charge in [-0.1, -0.05) is 45.0 Å². The number of hydrogen-bond donors (Lipinski definition) is 1. The molecule has 0 bridgehead atoms. The molecule has 1 N–H and O–H groups in total. The Morgan fingerprint density at radius 2 is 1.67 bits per heavy atom. The van der Waals surface area contributed by atoms with Crippen molar-refractivity contribution in [2.75, 3.05) is 5.32 Å². The van der Waals surface area contributed by atoms with E-state index in [1.165, 1.54) is 17.2 Å². The zero-order valence-corrected chi connectivity index (χ0v) is 14.5. The lowest BCUT2D eigenvalue weighted by Gasteiger charge is -2.21. The molecule has 1 nitrogen and oxygen atoms in total. The molecule has 0 aliphatic rings. The van der Waals surface area contributed by atoms with Crippen LogP contribution >= 0.6 is 15.9 Å². The van der Waals surface area contributed by atoms with Gasteiger partial charge >= 0.3 is 0 Å². The summed E-state index contributed by atoms with van der Waals surface area (Å²) < 4.78 is 14.0. The highest BCUT2D eigenvalue weighted by Gasteiger charge is 2.14. The van der Waals surface area contributed by atoms with Crippen LogP contribution in [0.2, 0.25) is 0 Å². The molecule has 1 unspecified atom stereocenters. The van der Waals surface area contributed by atoms with Gasteiger partial charge in [-0.25, -0.2) is 4.39 Å². The van der Waals surface area contributed by atoms with E-state index in [9.17, 15) is 4.39 Å². The summed E-state index contributed by atoms with van der Waals surface area (Å²) in [5, 5.41) is 3.32. The van der Waals surface area contributed by atoms with Gasteiger partial charge in [-0.15, -0.1) is 0 Å². The molecular weight excluding hydrogens is 329 g/mol. The highest BCUT2D eigenvalue weighted by Crippen LogP contribution is 2.26. The Morgan fingerprint density at radius 1 is 1.05 bits per heavy atom. The highest BCUT2D eigenvalue weighted by molar-refractivity contribution is 9.10. The van der Waals surface area contributed by atoms with Crippen LogP contribution in [0.25, 0.3) is 0 Å². The number of rotatable bonds is 3. The van der Waals surface area contributed by atoms with Crippen molar-refractivity contribution >= 4 is 21.6 Å². The van der Waals surface area contributed by atoms with Crippen molar-refractivity contribution in [3.63, 3.8) is 0 Å². The van der Waals surface area contributed by atoms with E-state index < -0.39 is 0 Å². The van der Waals surface area contributed by atoms with Crippen molar-refractivity contribution < 1.29 is 4.39 Å². The first-order valence-corrected chi connectivity index (χ1v) is 7.89. The molecule has 0 aliphatic heterocycles. The standard InChI is InChI=1S/C18H21BrFN/c1-12(21-15-9-10-16(19)17(20)11-15)13-5-7-14(8-6-13)18(2,3)4/h5-12,21H,1-4H3. The quantitative estimate of drug-likeness (QED) is 0.710. The Bertz CT molecular complexity index is 614. The lowest BCUT2D eigenvalue weighted by molar-refractivity contribution is 0.589. The summed E-state index contributed by atoms with van der Waals surface area (Å²) in [4.78, 5) is 0. The van der Waals surface area contributed by atoms with Gasteiger partial charge in [0.1, 0.15) is 5.82 Å². The van der Waals surface area contributed by atoms with E-state index in [0.717, 1.165) is 5.69 Å². The zero-order chi connectivity index (χ0) is 15.6. The summed E-state index contributed by atoms with van der Waals surface area (Å²) in [6, 6.07) is 13.8. The van der Waals surface area contributed by atoms with Gasteiger partial charge in [0.25, 0.3) is 0 Å². The monoisotopic (exact) mass is 349 g/mol. The van der Waals surface area contributed by atoms with Crippen molar-refractivity contribution in [3.05, 3.63) is 63.9 Å². The molecule has 0 saturated heterocycles. The third-order valence-electron chi connectivity index (χ3n) is 3.58. The van der Waals surface area contributed by atoms with Crippen LogP contribution in [0.1, 0.15) is 44.9 Å². The van der Waals surface area contributed by atoms with E-state index in [0.29, 0.717) is 4.47 Å². The fourth-order valence-electron chi connectivity index (χ4n) is 2.19. The van der Waals surface area contributed by atoms with Crippen molar-refractivity contribution in [3.8, 4) is 0 Å². The Labute approximate surface area is 134 Å². The summed E-state index contributed by atoms with van der Waals surface area (Å²) in [5.41, 5.74) is 3.44. The van der Waals surface area contributed by atoms with E-state index in [4.69, 9.17) is 0 Å². The minimum Gasteiger partial charge on any atom is -0.378 e. The van der Waals surface area contributed by atoms with Crippen LogP contribution in [0, 0.1) is 5.82 Å². The van der Waals surface area contributed by atoms with Crippen molar-refractivity contribution in [2.24, 2.45) is 0 Å². The molecule has 0 radical (unpaired) electrons. The first kappa shape index (κ1) is 16.0. The molecule has 0 saturated carbocycles. The second-order valence-electron chi connectivity index (χ2n) is 6.37. The normalized spacial score (nSPS) is 13.0. The molecule has 0 spiro atoms. The molecular formula is C18H21BrFN. The maximum atomic E-state index is 13.5. The van der Waals surface area contributed by atoms with Crippen LogP contribution in [-0.2, 0) is 5.41 Å². The maximum Gasteiger partial charge on any atom is 0.139 e. The predicted molar refractivity (Wildman–Crippen MR) is 91.3 cm³/mol. The van der Waals surface area contributed by atoms with E-state index in [1.807, 2.05) is 6.07 Å². The summed E-state index contributed by atoms with van der Waals surface area (Å²) in [7, 11) is 0. The minimum absolute atomic E-state index is 0.125. The topological polar surface area (TPSA) is 12.0 Å². The third kappa shape index (κ3) is 4.07. The fraction of sp³-hybridized carbons (Fsp3) is 0.333. The van der Waals surface area contributed by atoms with E-state index in [-0.39, 0.29) is 17.3 Å². The SMILES string of the molecule is CC(Nc1ccc(Br)c(F)c1)c1ccc(C(C)(C)C)cc1. The first-order chi connectivity index (χ1) is 9.77. The number of halogens is 2. The highest BCUT2D eigenvalue weighted by atomic mass is 79.9. The van der Waals surface area contributed by atoms with Crippen molar-refractivity contribution in [1.82, 2.24) is 0 Å². The van der Waals surface area contributed by atoms with Crippen LogP contribution in [0.4, 0.5) is 10.1 Å². The second-order valence-corrected chi connectivity index (χ2v) is 7.22.